The van der Waals surface area contributed by atoms with Crippen LogP contribution in [0.1, 0.15) is 49.4 Å². The molecule has 0 aromatic heterocycles. The van der Waals surface area contributed by atoms with E-state index in [1.807, 2.05) is 72.8 Å². The molecular weight excluding hydrogens is 741 g/mol. The molecule has 4 aromatic carbocycles. The molecular formula is C45H54N4O9. The standard InChI is InChI=1S/C45H54N4O9/c1-45(2,3)58-44(55)49-35(25-31-17-9-5-10-18-31)39(50)29-46-36(26-32-19-11-6-12-20-32)41(52)47-37(28-40(51)57-30-34-23-15-8-16-24-34)42(53)48-38(43(54)56-4)27-33-21-13-7-14-22-33/h5-24,35-39,46,50H,25-30H2,1-4H3,(H,47,52)(H,48,53)(H,49,55)/t35-,36-,37-,38-,39?/m0/s1. The summed E-state index contributed by atoms with van der Waals surface area (Å²) in [7, 11) is 1.20. The predicted octanol–water partition coefficient (Wildman–Crippen LogP) is 4.20. The maximum absolute atomic E-state index is 14.2. The summed E-state index contributed by atoms with van der Waals surface area (Å²) in [5, 5.41) is 22.8. The Bertz CT molecular complexity index is 1890. The number of alkyl carbamates (subject to hydrolysis) is 1. The van der Waals surface area contributed by atoms with Gasteiger partial charge in [-0.2, -0.15) is 0 Å². The van der Waals surface area contributed by atoms with Gasteiger partial charge < -0.3 is 40.6 Å². The minimum atomic E-state index is -1.47. The van der Waals surface area contributed by atoms with Crippen LogP contribution in [0.2, 0.25) is 0 Å². The molecule has 0 fully saturated rings. The van der Waals surface area contributed by atoms with Crippen LogP contribution in [0.3, 0.4) is 0 Å². The van der Waals surface area contributed by atoms with Gasteiger partial charge >= 0.3 is 18.0 Å². The van der Waals surface area contributed by atoms with Crippen LogP contribution in [-0.4, -0.2) is 84.5 Å². The molecule has 13 nitrogen and oxygen atoms in total. The molecule has 308 valence electrons. The number of carbonyl (C=O) groups excluding carboxylic acids is 5. The van der Waals surface area contributed by atoms with Crippen molar-refractivity contribution in [2.75, 3.05) is 13.7 Å². The Balaban J connectivity index is 1.56. The summed E-state index contributed by atoms with van der Waals surface area (Å²) in [6.45, 7) is 4.99. The highest BCUT2D eigenvalue weighted by Gasteiger charge is 2.33. The molecule has 13 heteroatoms. The molecule has 4 rings (SSSR count). The number of aliphatic hydroxyl groups is 1. The van der Waals surface area contributed by atoms with Gasteiger partial charge in [0.25, 0.3) is 0 Å². The highest BCUT2D eigenvalue weighted by atomic mass is 16.6. The van der Waals surface area contributed by atoms with Crippen molar-refractivity contribution in [2.24, 2.45) is 0 Å². The molecule has 0 saturated carbocycles. The third-order valence-electron chi connectivity index (χ3n) is 8.97. The molecule has 0 bridgehead atoms. The van der Waals surface area contributed by atoms with Crippen LogP contribution < -0.4 is 21.3 Å². The highest BCUT2D eigenvalue weighted by molar-refractivity contribution is 5.94. The fraction of sp³-hybridized carbons (Fsp3) is 0.356. The largest absolute Gasteiger partial charge is 0.467 e. The van der Waals surface area contributed by atoms with E-state index in [9.17, 15) is 29.1 Å². The van der Waals surface area contributed by atoms with Gasteiger partial charge in [-0.05, 0) is 55.9 Å². The number of nitrogens with one attached hydrogen (secondary N) is 4. The lowest BCUT2D eigenvalue weighted by molar-refractivity contribution is -0.148. The number of rotatable bonds is 20. The van der Waals surface area contributed by atoms with E-state index in [0.29, 0.717) is 0 Å². The van der Waals surface area contributed by atoms with Crippen molar-refractivity contribution in [1.29, 1.82) is 0 Å². The average Bonchev–Trinajstić information content (AvgIpc) is 3.21. The Labute approximate surface area is 339 Å². The number of esters is 2. The van der Waals surface area contributed by atoms with E-state index in [1.165, 1.54) is 7.11 Å². The minimum Gasteiger partial charge on any atom is -0.467 e. The highest BCUT2D eigenvalue weighted by Crippen LogP contribution is 2.13. The lowest BCUT2D eigenvalue weighted by Crippen LogP contribution is -2.58. The Hall–Kier alpha value is -6.05. The van der Waals surface area contributed by atoms with Crippen LogP contribution in [0, 0.1) is 0 Å². The lowest BCUT2D eigenvalue weighted by atomic mass is 10.00. The van der Waals surface area contributed by atoms with Crippen LogP contribution in [0.25, 0.3) is 0 Å². The average molecular weight is 795 g/mol. The van der Waals surface area contributed by atoms with Gasteiger partial charge in [0.15, 0.2) is 0 Å². The molecule has 0 saturated heterocycles. The first-order valence-electron chi connectivity index (χ1n) is 19.2. The third kappa shape index (κ3) is 15.8. The summed E-state index contributed by atoms with van der Waals surface area (Å²) in [6, 6.07) is 32.0. The molecule has 5 atom stereocenters. The van der Waals surface area contributed by atoms with E-state index in [-0.39, 0.29) is 32.4 Å². The van der Waals surface area contributed by atoms with Crippen LogP contribution in [0.5, 0.6) is 0 Å². The topological polar surface area (TPSA) is 181 Å². The fourth-order valence-corrected chi connectivity index (χ4v) is 6.03. The number of hydrogen-bond donors (Lipinski definition) is 5. The first-order valence-corrected chi connectivity index (χ1v) is 19.2. The van der Waals surface area contributed by atoms with Crippen molar-refractivity contribution in [3.05, 3.63) is 144 Å². The van der Waals surface area contributed by atoms with Gasteiger partial charge in [-0.25, -0.2) is 9.59 Å². The molecule has 1 unspecified atom stereocenters. The second kappa shape index (κ2) is 22.6. The molecule has 0 aliphatic rings. The summed E-state index contributed by atoms with van der Waals surface area (Å²) < 4.78 is 15.9. The number of amides is 3. The molecule has 5 N–H and O–H groups in total. The number of benzene rings is 4. The molecule has 0 radical (unpaired) electrons. The summed E-state index contributed by atoms with van der Waals surface area (Å²) in [4.78, 5) is 67.1. The Morgan fingerprint density at radius 1 is 0.603 bits per heavy atom. The zero-order chi connectivity index (χ0) is 41.9. The molecule has 4 aromatic rings. The van der Waals surface area contributed by atoms with Gasteiger partial charge in [0.2, 0.25) is 11.8 Å². The summed E-state index contributed by atoms with van der Waals surface area (Å²) in [5.74, 6) is -2.94. The normalized spacial score (nSPS) is 13.7. The van der Waals surface area contributed by atoms with Gasteiger partial charge in [-0.15, -0.1) is 0 Å². The van der Waals surface area contributed by atoms with Gasteiger partial charge in [-0.1, -0.05) is 121 Å². The van der Waals surface area contributed by atoms with Crippen LogP contribution in [0.4, 0.5) is 4.79 Å². The van der Waals surface area contributed by atoms with E-state index >= 15 is 0 Å². The summed E-state index contributed by atoms with van der Waals surface area (Å²) >= 11 is 0. The van der Waals surface area contributed by atoms with Crippen molar-refractivity contribution >= 4 is 29.8 Å². The van der Waals surface area contributed by atoms with Crippen LogP contribution in [-0.2, 0) is 59.3 Å². The maximum atomic E-state index is 14.2. The van der Waals surface area contributed by atoms with Crippen LogP contribution in [0.15, 0.2) is 121 Å². The number of hydrogen-bond acceptors (Lipinski definition) is 10. The number of methoxy groups -OCH3 is 1. The molecule has 58 heavy (non-hydrogen) atoms. The number of ether oxygens (including phenoxy) is 3. The number of aliphatic hydroxyl groups excluding tert-OH is 1. The zero-order valence-electron chi connectivity index (χ0n) is 33.4. The van der Waals surface area contributed by atoms with Gasteiger partial charge in [-0.3, -0.25) is 14.4 Å². The molecule has 3 amide bonds. The van der Waals surface area contributed by atoms with Gasteiger partial charge in [0.1, 0.15) is 24.3 Å². The first-order chi connectivity index (χ1) is 27.8. The van der Waals surface area contributed by atoms with E-state index in [4.69, 9.17) is 14.2 Å². The van der Waals surface area contributed by atoms with Crippen molar-refractivity contribution in [1.82, 2.24) is 21.3 Å². The maximum Gasteiger partial charge on any atom is 0.407 e. The molecule has 0 aliphatic heterocycles. The Morgan fingerprint density at radius 3 is 1.55 bits per heavy atom. The summed E-state index contributed by atoms with van der Waals surface area (Å²) in [5.41, 5.74) is 2.32. The molecule has 0 spiro atoms. The van der Waals surface area contributed by atoms with Crippen molar-refractivity contribution < 1.29 is 43.3 Å². The van der Waals surface area contributed by atoms with Crippen molar-refractivity contribution in [3.8, 4) is 0 Å². The van der Waals surface area contributed by atoms with E-state index in [0.717, 1.165) is 22.3 Å². The first kappa shape index (κ1) is 44.7. The predicted molar refractivity (Wildman–Crippen MR) is 218 cm³/mol. The summed E-state index contributed by atoms with van der Waals surface area (Å²) in [6.07, 6.45) is -1.98. The zero-order valence-corrected chi connectivity index (χ0v) is 33.4. The quantitative estimate of drug-likeness (QED) is 0.0643. The SMILES string of the molecule is COC(=O)[C@H](Cc1ccccc1)NC(=O)[C@H](CC(=O)OCc1ccccc1)NC(=O)[C@H](Cc1ccccc1)NCC(O)[C@H](Cc1ccccc1)NC(=O)OC(C)(C)C. The van der Waals surface area contributed by atoms with E-state index in [2.05, 4.69) is 21.3 Å². The monoisotopic (exact) mass is 794 g/mol. The second-order valence-electron chi connectivity index (χ2n) is 14.8. The van der Waals surface area contributed by atoms with Crippen molar-refractivity contribution in [3.63, 3.8) is 0 Å². The molecule has 0 aliphatic carbocycles. The Kier molecular flexibility index (Phi) is 17.4. The van der Waals surface area contributed by atoms with Gasteiger partial charge in [0, 0.05) is 13.0 Å². The van der Waals surface area contributed by atoms with Crippen molar-refractivity contribution in [2.45, 2.75) is 88.9 Å². The van der Waals surface area contributed by atoms with E-state index < -0.39 is 72.1 Å². The molecule has 0 heterocycles. The third-order valence-corrected chi connectivity index (χ3v) is 8.97. The smallest absolute Gasteiger partial charge is 0.407 e. The van der Waals surface area contributed by atoms with Gasteiger partial charge in [0.05, 0.1) is 31.7 Å². The second-order valence-corrected chi connectivity index (χ2v) is 14.8. The van der Waals surface area contributed by atoms with E-state index in [1.54, 1.807) is 69.3 Å². The van der Waals surface area contributed by atoms with Crippen LogP contribution >= 0.6 is 0 Å². The Morgan fingerprint density at radius 2 is 1.05 bits per heavy atom. The minimum absolute atomic E-state index is 0.0572. The number of carbonyl (C=O) groups is 5. The fourth-order valence-electron chi connectivity index (χ4n) is 6.03. The lowest BCUT2D eigenvalue weighted by Gasteiger charge is -2.29.